The lowest BCUT2D eigenvalue weighted by Gasteiger charge is -2.05. The first-order chi connectivity index (χ1) is 12.7. The van der Waals surface area contributed by atoms with Crippen molar-refractivity contribution >= 4 is 22.7 Å². The molecule has 2 aromatic rings. The van der Waals surface area contributed by atoms with E-state index in [1.807, 2.05) is 37.4 Å². The second-order valence-corrected chi connectivity index (χ2v) is 6.75. The largest absolute Gasteiger partial charge is 0.466 e. The van der Waals surface area contributed by atoms with E-state index in [9.17, 15) is 9.59 Å². The zero-order valence-corrected chi connectivity index (χ0v) is 16.1. The highest BCUT2D eigenvalue weighted by atomic mass is 16.5. The zero-order chi connectivity index (χ0) is 18.8. The molecule has 0 atom stereocenters. The van der Waals surface area contributed by atoms with Gasteiger partial charge < -0.3 is 9.30 Å². The minimum absolute atomic E-state index is 0.160. The Morgan fingerprint density at radius 1 is 0.962 bits per heavy atom. The fourth-order valence-corrected chi connectivity index (χ4v) is 3.30. The Kier molecular flexibility index (Phi) is 8.39. The van der Waals surface area contributed by atoms with Crippen LogP contribution in [0.3, 0.4) is 0 Å². The molecule has 0 aliphatic rings. The molecular formula is C22H31NO3. The molecule has 0 N–H and O–H groups in total. The van der Waals surface area contributed by atoms with E-state index in [0.29, 0.717) is 32.4 Å². The van der Waals surface area contributed by atoms with Gasteiger partial charge in [0.1, 0.15) is 0 Å². The molecule has 26 heavy (non-hydrogen) atoms. The number of esters is 1. The SMILES string of the molecule is CCCCCCCC(=O)c1cn(CCCC(=O)OCC)c2ccccc12. The standard InChI is InChI=1S/C22H31NO3/c1-3-5-6-7-8-14-21(24)19-17-23(16-11-15-22(25)26-4-2)20-13-10-9-12-18(19)20/h9-10,12-13,17H,3-8,11,14-16H2,1-2H3. The Morgan fingerprint density at radius 2 is 1.73 bits per heavy atom. The highest BCUT2D eigenvalue weighted by Gasteiger charge is 2.14. The Balaban J connectivity index is 2.01. The lowest BCUT2D eigenvalue weighted by Crippen LogP contribution is -2.06. The van der Waals surface area contributed by atoms with Crippen molar-refractivity contribution in [2.24, 2.45) is 0 Å². The average molecular weight is 357 g/mol. The molecule has 1 aromatic carbocycles. The van der Waals surface area contributed by atoms with Crippen molar-refractivity contribution in [1.29, 1.82) is 0 Å². The van der Waals surface area contributed by atoms with Crippen LogP contribution >= 0.6 is 0 Å². The maximum atomic E-state index is 12.7. The predicted molar refractivity (Wildman–Crippen MR) is 106 cm³/mol. The smallest absolute Gasteiger partial charge is 0.305 e. The van der Waals surface area contributed by atoms with Gasteiger partial charge in [-0.3, -0.25) is 9.59 Å². The molecule has 0 aliphatic carbocycles. The summed E-state index contributed by atoms with van der Waals surface area (Å²) >= 11 is 0. The number of ketones is 1. The fourth-order valence-electron chi connectivity index (χ4n) is 3.30. The number of rotatable bonds is 12. The molecule has 1 heterocycles. The van der Waals surface area contributed by atoms with E-state index >= 15 is 0 Å². The third-order valence-electron chi connectivity index (χ3n) is 4.68. The topological polar surface area (TPSA) is 48.3 Å². The first-order valence-electron chi connectivity index (χ1n) is 9.94. The Labute approximate surface area is 156 Å². The van der Waals surface area contributed by atoms with Gasteiger partial charge in [0.15, 0.2) is 5.78 Å². The van der Waals surface area contributed by atoms with Crippen LogP contribution in [0.1, 0.15) is 75.6 Å². The van der Waals surface area contributed by atoms with Crippen LogP contribution in [0.15, 0.2) is 30.5 Å². The number of ether oxygens (including phenoxy) is 1. The molecule has 4 heteroatoms. The summed E-state index contributed by atoms with van der Waals surface area (Å²) in [4.78, 5) is 24.2. The van der Waals surface area contributed by atoms with Crippen LogP contribution in [0, 0.1) is 0 Å². The molecule has 0 radical (unpaired) electrons. The number of fused-ring (bicyclic) bond motifs is 1. The van der Waals surface area contributed by atoms with Crippen LogP contribution in [0.2, 0.25) is 0 Å². The molecule has 0 spiro atoms. The second-order valence-electron chi connectivity index (χ2n) is 6.75. The van der Waals surface area contributed by atoms with Crippen LogP contribution in [-0.4, -0.2) is 22.9 Å². The van der Waals surface area contributed by atoms with Crippen molar-refractivity contribution < 1.29 is 14.3 Å². The zero-order valence-electron chi connectivity index (χ0n) is 16.1. The molecule has 1 aromatic heterocycles. The summed E-state index contributed by atoms with van der Waals surface area (Å²) in [6, 6.07) is 8.02. The summed E-state index contributed by atoms with van der Waals surface area (Å²) in [5.41, 5.74) is 1.87. The number of benzene rings is 1. The third-order valence-corrected chi connectivity index (χ3v) is 4.68. The van der Waals surface area contributed by atoms with Gasteiger partial charge in [0.2, 0.25) is 0 Å². The summed E-state index contributed by atoms with van der Waals surface area (Å²) in [7, 11) is 0. The van der Waals surface area contributed by atoms with Crippen LogP contribution in [0.25, 0.3) is 10.9 Å². The van der Waals surface area contributed by atoms with E-state index in [1.165, 1.54) is 19.3 Å². The number of hydrogen-bond donors (Lipinski definition) is 0. The van der Waals surface area contributed by atoms with Gasteiger partial charge in [0, 0.05) is 42.0 Å². The van der Waals surface area contributed by atoms with Crippen molar-refractivity contribution in [3.8, 4) is 0 Å². The second kappa shape index (κ2) is 10.8. The number of unbranched alkanes of at least 4 members (excludes halogenated alkanes) is 4. The molecule has 0 fully saturated rings. The number of Topliss-reactive ketones (excluding diaryl/α,β-unsaturated/α-hetero) is 1. The molecule has 142 valence electrons. The van der Waals surface area contributed by atoms with Gasteiger partial charge in [-0.25, -0.2) is 0 Å². The number of aromatic nitrogens is 1. The van der Waals surface area contributed by atoms with Crippen LogP contribution in [-0.2, 0) is 16.1 Å². The molecule has 0 amide bonds. The van der Waals surface area contributed by atoms with E-state index in [0.717, 1.165) is 29.3 Å². The van der Waals surface area contributed by atoms with Crippen molar-refractivity contribution in [2.75, 3.05) is 6.61 Å². The summed E-state index contributed by atoms with van der Waals surface area (Å²) in [6.45, 7) is 5.14. The Hall–Kier alpha value is -2.10. The fraction of sp³-hybridized carbons (Fsp3) is 0.545. The maximum absolute atomic E-state index is 12.7. The normalized spacial score (nSPS) is 11.0. The highest BCUT2D eigenvalue weighted by Crippen LogP contribution is 2.24. The number of aryl methyl sites for hydroxylation is 1. The summed E-state index contributed by atoms with van der Waals surface area (Å²) in [6.07, 6.45) is 9.44. The first kappa shape index (κ1) is 20.2. The van der Waals surface area contributed by atoms with Gasteiger partial charge in [-0.05, 0) is 25.8 Å². The highest BCUT2D eigenvalue weighted by molar-refractivity contribution is 6.08. The van der Waals surface area contributed by atoms with E-state index in [1.54, 1.807) is 0 Å². The molecule has 2 rings (SSSR count). The lowest BCUT2D eigenvalue weighted by atomic mass is 10.0. The van der Waals surface area contributed by atoms with Crippen LogP contribution < -0.4 is 0 Å². The number of nitrogens with zero attached hydrogens (tertiary/aromatic N) is 1. The van der Waals surface area contributed by atoms with Gasteiger partial charge in [-0.2, -0.15) is 0 Å². The first-order valence-corrected chi connectivity index (χ1v) is 9.94. The molecule has 0 aliphatic heterocycles. The van der Waals surface area contributed by atoms with Crippen LogP contribution in [0.4, 0.5) is 0 Å². The summed E-state index contributed by atoms with van der Waals surface area (Å²) in [5.74, 6) is 0.0641. The number of hydrogen-bond acceptors (Lipinski definition) is 3. The van der Waals surface area contributed by atoms with Crippen LogP contribution in [0.5, 0.6) is 0 Å². The number of carbonyl (C=O) groups is 2. The number of para-hydroxylation sites is 1. The van der Waals surface area contributed by atoms with Gasteiger partial charge in [0.05, 0.1) is 6.61 Å². The van der Waals surface area contributed by atoms with Gasteiger partial charge in [-0.15, -0.1) is 0 Å². The number of carbonyl (C=O) groups excluding carboxylic acids is 2. The van der Waals surface area contributed by atoms with Crippen molar-refractivity contribution in [1.82, 2.24) is 4.57 Å². The minimum atomic E-state index is -0.160. The summed E-state index contributed by atoms with van der Waals surface area (Å²) < 4.78 is 7.08. The van der Waals surface area contributed by atoms with E-state index in [2.05, 4.69) is 11.5 Å². The summed E-state index contributed by atoms with van der Waals surface area (Å²) in [5, 5.41) is 1.02. The third kappa shape index (κ3) is 5.72. The minimum Gasteiger partial charge on any atom is -0.466 e. The van der Waals surface area contributed by atoms with E-state index in [-0.39, 0.29) is 11.8 Å². The molecule has 0 unspecified atom stereocenters. The van der Waals surface area contributed by atoms with Gasteiger partial charge in [0.25, 0.3) is 0 Å². The molecule has 0 saturated heterocycles. The van der Waals surface area contributed by atoms with Crippen molar-refractivity contribution in [2.45, 2.75) is 71.8 Å². The van der Waals surface area contributed by atoms with E-state index in [4.69, 9.17) is 4.74 Å². The quantitative estimate of drug-likeness (QED) is 0.285. The monoisotopic (exact) mass is 357 g/mol. The molecule has 0 saturated carbocycles. The maximum Gasteiger partial charge on any atom is 0.305 e. The molecular weight excluding hydrogens is 326 g/mol. The van der Waals surface area contributed by atoms with Crippen molar-refractivity contribution in [3.63, 3.8) is 0 Å². The average Bonchev–Trinajstić information content (AvgIpc) is 3.01. The van der Waals surface area contributed by atoms with Gasteiger partial charge in [-0.1, -0.05) is 50.8 Å². The molecule has 4 nitrogen and oxygen atoms in total. The van der Waals surface area contributed by atoms with Gasteiger partial charge >= 0.3 is 5.97 Å². The Morgan fingerprint density at radius 3 is 2.50 bits per heavy atom. The van der Waals surface area contributed by atoms with Crippen molar-refractivity contribution in [3.05, 3.63) is 36.0 Å². The predicted octanol–water partition coefficient (Wildman–Crippen LogP) is 5.53. The van der Waals surface area contributed by atoms with E-state index < -0.39 is 0 Å². The Bertz CT molecular complexity index is 717. The lowest BCUT2D eigenvalue weighted by molar-refractivity contribution is -0.143. The molecule has 0 bridgehead atoms.